The third kappa shape index (κ3) is 2.85. The lowest BCUT2D eigenvalue weighted by Crippen LogP contribution is -2.32. The van der Waals surface area contributed by atoms with E-state index >= 15 is 0 Å². The highest BCUT2D eigenvalue weighted by atomic mass is 32.2. The van der Waals surface area contributed by atoms with Crippen molar-refractivity contribution < 1.29 is 8.42 Å². The number of hydrogen-bond donors (Lipinski definition) is 0. The SMILES string of the molecule is Cn1c(=O)n([C@@H]2CCN(S(=O)(=O)Cc3ccccc3)C2)c2ncccc21. The van der Waals surface area contributed by atoms with Crippen molar-refractivity contribution in [2.45, 2.75) is 18.2 Å². The number of nitrogens with zero attached hydrogens (tertiary/aromatic N) is 4. The summed E-state index contributed by atoms with van der Waals surface area (Å²) < 4.78 is 30.2. The Hall–Kier alpha value is -2.45. The molecule has 0 saturated carbocycles. The maximum absolute atomic E-state index is 12.8. The van der Waals surface area contributed by atoms with Crippen LogP contribution in [0.4, 0.5) is 0 Å². The van der Waals surface area contributed by atoms with Gasteiger partial charge in [-0.1, -0.05) is 30.3 Å². The van der Waals surface area contributed by atoms with Crippen LogP contribution in [0.5, 0.6) is 0 Å². The lowest BCUT2D eigenvalue weighted by atomic mass is 10.2. The van der Waals surface area contributed by atoms with Crippen molar-refractivity contribution >= 4 is 21.2 Å². The molecule has 1 aliphatic heterocycles. The molecule has 3 heterocycles. The van der Waals surface area contributed by atoms with Crippen molar-refractivity contribution in [3.63, 3.8) is 0 Å². The molecule has 1 saturated heterocycles. The Bertz CT molecular complexity index is 1100. The van der Waals surface area contributed by atoms with Crippen LogP contribution in [-0.2, 0) is 22.8 Å². The highest BCUT2D eigenvalue weighted by molar-refractivity contribution is 7.88. The van der Waals surface area contributed by atoms with E-state index in [0.29, 0.717) is 25.2 Å². The number of hydrogen-bond acceptors (Lipinski definition) is 4. The first kappa shape index (κ1) is 17.0. The fraction of sp³-hybridized carbons (Fsp3) is 0.333. The Morgan fingerprint density at radius 1 is 1.15 bits per heavy atom. The highest BCUT2D eigenvalue weighted by Gasteiger charge is 2.34. The van der Waals surface area contributed by atoms with Crippen LogP contribution in [0.2, 0.25) is 0 Å². The van der Waals surface area contributed by atoms with Gasteiger partial charge in [-0.3, -0.25) is 9.13 Å². The number of imidazole rings is 1. The third-order valence-corrected chi connectivity index (χ3v) is 6.74. The predicted octanol–water partition coefficient (Wildman–Crippen LogP) is 1.51. The molecule has 2 aromatic heterocycles. The van der Waals surface area contributed by atoms with E-state index in [1.807, 2.05) is 36.4 Å². The zero-order valence-electron chi connectivity index (χ0n) is 14.4. The van der Waals surface area contributed by atoms with Crippen molar-refractivity contribution in [3.8, 4) is 0 Å². The summed E-state index contributed by atoms with van der Waals surface area (Å²) in [6.45, 7) is 0.709. The van der Waals surface area contributed by atoms with E-state index in [1.165, 1.54) is 4.31 Å². The topological polar surface area (TPSA) is 77.2 Å². The van der Waals surface area contributed by atoms with Gasteiger partial charge in [-0.2, -0.15) is 4.31 Å². The molecular formula is C18H20N4O3S. The summed E-state index contributed by atoms with van der Waals surface area (Å²) in [7, 11) is -1.71. The fourth-order valence-electron chi connectivity index (χ4n) is 3.57. The quantitative estimate of drug-likeness (QED) is 0.696. The van der Waals surface area contributed by atoms with Gasteiger partial charge in [0.2, 0.25) is 10.0 Å². The number of aromatic nitrogens is 3. The largest absolute Gasteiger partial charge is 0.330 e. The minimum Gasteiger partial charge on any atom is -0.293 e. The molecule has 0 spiro atoms. The van der Waals surface area contributed by atoms with E-state index in [2.05, 4.69) is 4.98 Å². The zero-order valence-corrected chi connectivity index (χ0v) is 15.3. The maximum Gasteiger partial charge on any atom is 0.330 e. The minimum atomic E-state index is -3.42. The fourth-order valence-corrected chi connectivity index (χ4v) is 5.15. The number of sulfonamides is 1. The van der Waals surface area contributed by atoms with Crippen molar-refractivity contribution in [2.75, 3.05) is 13.1 Å². The Morgan fingerprint density at radius 2 is 1.92 bits per heavy atom. The summed E-state index contributed by atoms with van der Waals surface area (Å²) >= 11 is 0. The molecule has 1 aromatic carbocycles. The van der Waals surface area contributed by atoms with Crippen LogP contribution >= 0.6 is 0 Å². The monoisotopic (exact) mass is 372 g/mol. The minimum absolute atomic E-state index is 0.0246. The van der Waals surface area contributed by atoms with Crippen LogP contribution < -0.4 is 5.69 Å². The van der Waals surface area contributed by atoms with Gasteiger partial charge in [0.15, 0.2) is 5.65 Å². The summed E-state index contributed by atoms with van der Waals surface area (Å²) in [6, 6.07) is 12.6. The summed E-state index contributed by atoms with van der Waals surface area (Å²) in [4.78, 5) is 17.0. The van der Waals surface area contributed by atoms with Gasteiger partial charge in [0.1, 0.15) is 0 Å². The lowest BCUT2D eigenvalue weighted by molar-refractivity contribution is 0.448. The van der Waals surface area contributed by atoms with Crippen molar-refractivity contribution in [3.05, 3.63) is 64.7 Å². The first-order chi connectivity index (χ1) is 12.5. The number of rotatable bonds is 4. The summed E-state index contributed by atoms with van der Waals surface area (Å²) in [5.74, 6) is -0.0246. The predicted molar refractivity (Wildman–Crippen MR) is 99.3 cm³/mol. The van der Waals surface area contributed by atoms with Crippen LogP contribution in [0.25, 0.3) is 11.2 Å². The van der Waals surface area contributed by atoms with Crippen LogP contribution in [0.1, 0.15) is 18.0 Å². The molecule has 7 nitrogen and oxygen atoms in total. The molecule has 0 N–H and O–H groups in total. The molecule has 8 heteroatoms. The van der Waals surface area contributed by atoms with Gasteiger partial charge in [-0.05, 0) is 24.1 Å². The normalized spacial score (nSPS) is 18.6. The Balaban J connectivity index is 1.62. The van der Waals surface area contributed by atoms with Crippen LogP contribution in [0, 0.1) is 0 Å². The van der Waals surface area contributed by atoms with E-state index in [4.69, 9.17) is 0 Å². The number of pyridine rings is 1. The second-order valence-electron chi connectivity index (χ2n) is 6.60. The molecule has 1 atom stereocenters. The Labute approximate surface area is 151 Å². The standard InChI is InChI=1S/C18H20N4O3S/c1-20-16-8-5-10-19-17(16)22(18(20)23)15-9-11-21(12-15)26(24,25)13-14-6-3-2-4-7-14/h2-8,10,15H,9,11-13H2,1H3/t15-/m1/s1. The van der Waals surface area contributed by atoms with Crippen molar-refractivity contribution in [1.82, 2.24) is 18.4 Å². The first-order valence-corrected chi connectivity index (χ1v) is 10.1. The van der Waals surface area contributed by atoms with Gasteiger partial charge in [0.05, 0.1) is 17.3 Å². The molecule has 0 amide bonds. The van der Waals surface area contributed by atoms with E-state index in [-0.39, 0.29) is 17.5 Å². The molecule has 0 bridgehead atoms. The number of aryl methyl sites for hydroxylation is 1. The maximum atomic E-state index is 12.8. The van der Waals surface area contributed by atoms with Gasteiger partial charge >= 0.3 is 5.69 Å². The van der Waals surface area contributed by atoms with E-state index in [1.54, 1.807) is 28.4 Å². The highest BCUT2D eigenvalue weighted by Crippen LogP contribution is 2.27. The zero-order chi connectivity index (χ0) is 18.3. The average Bonchev–Trinajstić information content (AvgIpc) is 3.21. The molecule has 0 aliphatic carbocycles. The van der Waals surface area contributed by atoms with E-state index in [9.17, 15) is 13.2 Å². The van der Waals surface area contributed by atoms with Crippen LogP contribution in [-0.4, -0.2) is 39.9 Å². The van der Waals surface area contributed by atoms with Gasteiger partial charge < -0.3 is 0 Å². The summed E-state index contributed by atoms with van der Waals surface area (Å²) in [5, 5.41) is 0. The second-order valence-corrected chi connectivity index (χ2v) is 8.57. The van der Waals surface area contributed by atoms with E-state index in [0.717, 1.165) is 11.1 Å². The average molecular weight is 372 g/mol. The molecule has 4 rings (SSSR count). The second kappa shape index (κ2) is 6.37. The van der Waals surface area contributed by atoms with Gasteiger partial charge in [-0.15, -0.1) is 0 Å². The van der Waals surface area contributed by atoms with Crippen molar-refractivity contribution in [2.24, 2.45) is 7.05 Å². The van der Waals surface area contributed by atoms with Gasteiger partial charge in [0.25, 0.3) is 0 Å². The molecule has 1 aliphatic rings. The van der Waals surface area contributed by atoms with Gasteiger partial charge in [0, 0.05) is 26.3 Å². The molecule has 0 unspecified atom stereocenters. The van der Waals surface area contributed by atoms with Crippen LogP contribution in [0.3, 0.4) is 0 Å². The third-order valence-electron chi connectivity index (χ3n) is 4.93. The van der Waals surface area contributed by atoms with Gasteiger partial charge in [-0.25, -0.2) is 18.2 Å². The number of fused-ring (bicyclic) bond motifs is 1. The molecular weight excluding hydrogens is 352 g/mol. The molecule has 26 heavy (non-hydrogen) atoms. The summed E-state index contributed by atoms with van der Waals surface area (Å²) in [6.07, 6.45) is 2.25. The Kier molecular flexibility index (Phi) is 4.16. The Morgan fingerprint density at radius 3 is 2.69 bits per heavy atom. The lowest BCUT2D eigenvalue weighted by Gasteiger charge is -2.17. The molecule has 1 fully saturated rings. The smallest absolute Gasteiger partial charge is 0.293 e. The molecule has 3 aromatic rings. The van der Waals surface area contributed by atoms with E-state index < -0.39 is 10.0 Å². The van der Waals surface area contributed by atoms with Crippen LogP contribution in [0.15, 0.2) is 53.5 Å². The molecule has 0 radical (unpaired) electrons. The molecule has 136 valence electrons. The summed E-state index contributed by atoms with van der Waals surface area (Å²) in [5.41, 5.74) is 1.96. The van der Waals surface area contributed by atoms with Crippen molar-refractivity contribution in [1.29, 1.82) is 0 Å². The number of benzene rings is 1. The first-order valence-electron chi connectivity index (χ1n) is 8.51.